The van der Waals surface area contributed by atoms with Gasteiger partial charge in [0.1, 0.15) is 5.69 Å². The lowest BCUT2D eigenvalue weighted by molar-refractivity contribution is -0.384. The van der Waals surface area contributed by atoms with E-state index in [1.165, 1.54) is 6.42 Å². The first-order valence-electron chi connectivity index (χ1n) is 6.11. The van der Waals surface area contributed by atoms with Gasteiger partial charge in [-0.15, -0.1) is 0 Å². The molecule has 0 bridgehead atoms. The monoisotopic (exact) mass is 268 g/mol. The average molecular weight is 268 g/mol. The van der Waals surface area contributed by atoms with E-state index in [4.69, 9.17) is 0 Å². The SMILES string of the molecule is CCC(C)CSCc1ccc(NC)c([N+](=O)[O-])c1. The smallest absolute Gasteiger partial charge is 0.292 e. The maximum atomic E-state index is 10.9. The average Bonchev–Trinajstić information content (AvgIpc) is 2.38. The van der Waals surface area contributed by atoms with Crippen LogP contribution in [0, 0.1) is 16.0 Å². The van der Waals surface area contributed by atoms with Gasteiger partial charge in [0.2, 0.25) is 0 Å². The van der Waals surface area contributed by atoms with Crippen LogP contribution in [-0.2, 0) is 5.75 Å². The first-order chi connectivity index (χ1) is 8.58. The number of hydrogen-bond donors (Lipinski definition) is 1. The molecule has 0 aliphatic carbocycles. The lowest BCUT2D eigenvalue weighted by Crippen LogP contribution is -1.99. The van der Waals surface area contributed by atoms with Crippen LogP contribution >= 0.6 is 11.8 Å². The van der Waals surface area contributed by atoms with Gasteiger partial charge in [0.15, 0.2) is 0 Å². The van der Waals surface area contributed by atoms with Crippen molar-refractivity contribution in [3.8, 4) is 0 Å². The maximum absolute atomic E-state index is 10.9. The van der Waals surface area contributed by atoms with Crippen molar-refractivity contribution in [3.63, 3.8) is 0 Å². The molecule has 1 N–H and O–H groups in total. The first-order valence-corrected chi connectivity index (χ1v) is 7.26. The Balaban J connectivity index is 2.67. The summed E-state index contributed by atoms with van der Waals surface area (Å²) in [7, 11) is 1.69. The number of hydrogen-bond acceptors (Lipinski definition) is 4. The first kappa shape index (κ1) is 14.8. The van der Waals surface area contributed by atoms with Gasteiger partial charge < -0.3 is 5.32 Å². The molecule has 0 aromatic heterocycles. The third-order valence-corrected chi connectivity index (χ3v) is 4.24. The standard InChI is InChI=1S/C13H20N2O2S/c1-4-10(2)8-18-9-11-5-6-12(14-3)13(7-11)15(16)17/h5-7,10,14H,4,8-9H2,1-3H3. The fraction of sp³-hybridized carbons (Fsp3) is 0.538. The van der Waals surface area contributed by atoms with Gasteiger partial charge in [0.05, 0.1) is 4.92 Å². The number of benzene rings is 1. The number of nitro benzene ring substituents is 1. The largest absolute Gasteiger partial charge is 0.383 e. The quantitative estimate of drug-likeness (QED) is 0.601. The molecular weight excluding hydrogens is 248 g/mol. The Morgan fingerprint density at radius 3 is 2.78 bits per heavy atom. The molecule has 1 unspecified atom stereocenters. The third-order valence-electron chi connectivity index (χ3n) is 2.90. The number of thioether (sulfide) groups is 1. The second-order valence-electron chi connectivity index (χ2n) is 4.39. The predicted molar refractivity (Wildman–Crippen MR) is 78.3 cm³/mol. The van der Waals surface area contributed by atoms with Crippen LogP contribution < -0.4 is 5.32 Å². The van der Waals surface area contributed by atoms with Crippen molar-refractivity contribution < 1.29 is 4.92 Å². The molecule has 100 valence electrons. The van der Waals surface area contributed by atoms with E-state index in [1.54, 1.807) is 19.2 Å². The molecule has 4 nitrogen and oxygen atoms in total. The van der Waals surface area contributed by atoms with Crippen molar-refractivity contribution in [3.05, 3.63) is 33.9 Å². The van der Waals surface area contributed by atoms with Gasteiger partial charge in [-0.25, -0.2) is 0 Å². The van der Waals surface area contributed by atoms with Crippen LogP contribution in [0.4, 0.5) is 11.4 Å². The number of rotatable bonds is 7. The molecule has 0 aliphatic rings. The highest BCUT2D eigenvalue weighted by atomic mass is 32.2. The van der Waals surface area contributed by atoms with Crippen molar-refractivity contribution in [1.29, 1.82) is 0 Å². The second-order valence-corrected chi connectivity index (χ2v) is 5.42. The van der Waals surface area contributed by atoms with Gasteiger partial charge in [-0.05, 0) is 23.3 Å². The molecule has 0 fully saturated rings. The highest BCUT2D eigenvalue weighted by Gasteiger charge is 2.13. The summed E-state index contributed by atoms with van der Waals surface area (Å²) in [4.78, 5) is 10.6. The molecule has 0 spiro atoms. The molecule has 1 rings (SSSR count). The molecule has 1 atom stereocenters. The van der Waals surface area contributed by atoms with Gasteiger partial charge >= 0.3 is 0 Å². The Morgan fingerprint density at radius 2 is 2.22 bits per heavy atom. The van der Waals surface area contributed by atoms with Gasteiger partial charge in [0, 0.05) is 18.9 Å². The normalized spacial score (nSPS) is 12.2. The van der Waals surface area contributed by atoms with Gasteiger partial charge in [0.25, 0.3) is 5.69 Å². The fourth-order valence-corrected chi connectivity index (χ4v) is 2.70. The Hall–Kier alpha value is -1.23. The number of anilines is 1. The van der Waals surface area contributed by atoms with E-state index in [-0.39, 0.29) is 10.6 Å². The summed E-state index contributed by atoms with van der Waals surface area (Å²) in [6.45, 7) is 4.40. The van der Waals surface area contributed by atoms with E-state index in [9.17, 15) is 10.1 Å². The predicted octanol–water partition coefficient (Wildman–Crippen LogP) is 3.92. The van der Waals surface area contributed by atoms with Crippen LogP contribution in [0.5, 0.6) is 0 Å². The van der Waals surface area contributed by atoms with Crippen molar-refractivity contribution in [2.45, 2.75) is 26.0 Å². The summed E-state index contributed by atoms with van der Waals surface area (Å²) >= 11 is 1.83. The van der Waals surface area contributed by atoms with Crippen molar-refractivity contribution in [2.24, 2.45) is 5.92 Å². The van der Waals surface area contributed by atoms with E-state index in [2.05, 4.69) is 19.2 Å². The Bertz CT molecular complexity index is 410. The summed E-state index contributed by atoms with van der Waals surface area (Å²) in [6.07, 6.45) is 1.17. The van der Waals surface area contributed by atoms with Gasteiger partial charge in [-0.2, -0.15) is 11.8 Å². The van der Waals surface area contributed by atoms with E-state index >= 15 is 0 Å². The van der Waals surface area contributed by atoms with Crippen LogP contribution in [0.25, 0.3) is 0 Å². The van der Waals surface area contributed by atoms with E-state index in [0.29, 0.717) is 11.6 Å². The molecule has 18 heavy (non-hydrogen) atoms. The molecule has 0 heterocycles. The van der Waals surface area contributed by atoms with E-state index < -0.39 is 0 Å². The molecule has 0 saturated heterocycles. The van der Waals surface area contributed by atoms with Crippen LogP contribution in [0.2, 0.25) is 0 Å². The topological polar surface area (TPSA) is 55.2 Å². The lowest BCUT2D eigenvalue weighted by atomic mass is 10.2. The molecule has 0 aliphatic heterocycles. The zero-order valence-corrected chi connectivity index (χ0v) is 11.9. The molecular formula is C13H20N2O2S. The van der Waals surface area contributed by atoms with E-state index in [1.807, 2.05) is 17.8 Å². The minimum Gasteiger partial charge on any atom is -0.383 e. The highest BCUT2D eigenvalue weighted by Crippen LogP contribution is 2.27. The number of nitrogens with one attached hydrogen (secondary N) is 1. The number of nitro groups is 1. The summed E-state index contributed by atoms with van der Waals surface area (Å²) in [6, 6.07) is 5.38. The van der Waals surface area contributed by atoms with Crippen molar-refractivity contribution >= 4 is 23.1 Å². The van der Waals surface area contributed by atoms with Crippen LogP contribution in [0.1, 0.15) is 25.8 Å². The third kappa shape index (κ3) is 4.22. The minimum atomic E-state index is -0.339. The molecule has 5 heteroatoms. The molecule has 1 aromatic rings. The summed E-state index contributed by atoms with van der Waals surface area (Å²) in [5.74, 6) is 2.62. The molecule has 0 saturated carbocycles. The molecule has 1 aromatic carbocycles. The Labute approximate surface area is 112 Å². The second kappa shape index (κ2) is 7.26. The highest BCUT2D eigenvalue weighted by molar-refractivity contribution is 7.98. The number of nitrogens with zero attached hydrogens (tertiary/aromatic N) is 1. The Morgan fingerprint density at radius 1 is 1.50 bits per heavy atom. The Kier molecular flexibility index (Phi) is 5.98. The molecule has 0 amide bonds. The van der Waals surface area contributed by atoms with Crippen LogP contribution in [0.15, 0.2) is 18.2 Å². The van der Waals surface area contributed by atoms with Gasteiger partial charge in [-0.1, -0.05) is 26.3 Å². The summed E-state index contributed by atoms with van der Waals surface area (Å²) < 4.78 is 0. The van der Waals surface area contributed by atoms with Gasteiger partial charge in [-0.3, -0.25) is 10.1 Å². The molecule has 0 radical (unpaired) electrons. The summed E-state index contributed by atoms with van der Waals surface area (Å²) in [5, 5.41) is 13.8. The van der Waals surface area contributed by atoms with E-state index in [0.717, 1.165) is 17.1 Å². The van der Waals surface area contributed by atoms with Crippen molar-refractivity contribution in [1.82, 2.24) is 0 Å². The van der Waals surface area contributed by atoms with Crippen molar-refractivity contribution in [2.75, 3.05) is 18.1 Å². The zero-order chi connectivity index (χ0) is 13.5. The maximum Gasteiger partial charge on any atom is 0.292 e. The zero-order valence-electron chi connectivity index (χ0n) is 11.1. The lowest BCUT2D eigenvalue weighted by Gasteiger charge is -2.08. The summed E-state index contributed by atoms with van der Waals surface area (Å²) in [5.41, 5.74) is 1.73. The van der Waals surface area contributed by atoms with Crippen LogP contribution in [0.3, 0.4) is 0 Å². The minimum absolute atomic E-state index is 0.152. The fourth-order valence-electron chi connectivity index (χ4n) is 1.53. The van der Waals surface area contributed by atoms with Crippen LogP contribution in [-0.4, -0.2) is 17.7 Å².